The van der Waals surface area contributed by atoms with E-state index in [1.807, 2.05) is 37.3 Å². The van der Waals surface area contributed by atoms with Crippen molar-refractivity contribution < 1.29 is 17.9 Å². The number of carbonyl (C=O) groups is 1. The second-order valence-electron chi connectivity index (χ2n) is 7.74. The van der Waals surface area contributed by atoms with Crippen LogP contribution in [-0.4, -0.2) is 32.1 Å². The van der Waals surface area contributed by atoms with Gasteiger partial charge in [0.1, 0.15) is 17.8 Å². The first-order chi connectivity index (χ1) is 16.8. The number of hydrogen-bond acceptors (Lipinski definition) is 6. The molecule has 0 radical (unpaired) electrons. The minimum atomic E-state index is -3.82. The molecule has 1 heterocycles. The molecule has 8 nitrogen and oxygen atoms in total. The minimum Gasteiger partial charge on any atom is -0.461 e. The number of benzene rings is 2. The van der Waals surface area contributed by atoms with Gasteiger partial charge in [-0.05, 0) is 43.0 Å². The van der Waals surface area contributed by atoms with Crippen molar-refractivity contribution in [3.63, 3.8) is 0 Å². The Bertz CT molecular complexity index is 1430. The standard InChI is InChI=1S/C26H26N4O4S/c1-4-22-21(17-28)24(25(30(22)3)26(31)34-5-2)19-12-10-18(11-13-19)14-15-29-35(32,33)23-9-7-6-8-20(23)16-27/h6-13,29H,4-5,14-15H2,1-3H3. The SMILES string of the molecule is CCOC(=O)c1c(-c2ccc(CCNS(=O)(=O)c3ccccc3C#N)cc2)c(C#N)c(CC)n1C. The summed E-state index contributed by atoms with van der Waals surface area (Å²) in [4.78, 5) is 12.6. The molecule has 9 heteroatoms. The summed E-state index contributed by atoms with van der Waals surface area (Å²) in [5, 5.41) is 19.0. The van der Waals surface area contributed by atoms with E-state index in [4.69, 9.17) is 10.00 Å². The first-order valence-corrected chi connectivity index (χ1v) is 12.6. The largest absolute Gasteiger partial charge is 0.461 e. The Morgan fingerprint density at radius 2 is 1.74 bits per heavy atom. The average molecular weight is 491 g/mol. The molecular weight excluding hydrogens is 464 g/mol. The predicted molar refractivity (Wildman–Crippen MR) is 131 cm³/mol. The molecule has 0 spiro atoms. The van der Waals surface area contributed by atoms with Crippen molar-refractivity contribution in [3.05, 3.63) is 76.6 Å². The van der Waals surface area contributed by atoms with Gasteiger partial charge in [0.2, 0.25) is 10.0 Å². The van der Waals surface area contributed by atoms with Gasteiger partial charge in [-0.3, -0.25) is 0 Å². The molecule has 0 amide bonds. The summed E-state index contributed by atoms with van der Waals surface area (Å²) in [6.45, 7) is 4.02. The van der Waals surface area contributed by atoms with Gasteiger partial charge in [0.15, 0.2) is 0 Å². The summed E-state index contributed by atoms with van der Waals surface area (Å²) in [6, 6.07) is 17.5. The molecule has 0 aliphatic heterocycles. The molecule has 0 aliphatic rings. The van der Waals surface area contributed by atoms with E-state index in [1.54, 1.807) is 30.7 Å². The second-order valence-corrected chi connectivity index (χ2v) is 9.48. The maximum Gasteiger partial charge on any atom is 0.355 e. The molecule has 3 aromatic rings. The highest BCUT2D eigenvalue weighted by atomic mass is 32.2. The Kier molecular flexibility index (Phi) is 8.08. The Morgan fingerprint density at radius 1 is 1.06 bits per heavy atom. The highest BCUT2D eigenvalue weighted by molar-refractivity contribution is 7.89. The van der Waals surface area contributed by atoms with E-state index >= 15 is 0 Å². The van der Waals surface area contributed by atoms with E-state index in [2.05, 4.69) is 10.8 Å². The number of esters is 1. The van der Waals surface area contributed by atoms with Crippen LogP contribution in [0.4, 0.5) is 0 Å². The molecule has 0 unspecified atom stereocenters. The summed E-state index contributed by atoms with van der Waals surface area (Å²) in [5.41, 5.74) is 3.71. The highest BCUT2D eigenvalue weighted by Gasteiger charge is 2.26. The van der Waals surface area contributed by atoms with Crippen LogP contribution in [0.5, 0.6) is 0 Å². The van der Waals surface area contributed by atoms with Crippen LogP contribution in [0.2, 0.25) is 0 Å². The number of nitriles is 2. The van der Waals surface area contributed by atoms with Gasteiger partial charge in [0.05, 0.1) is 22.6 Å². The van der Waals surface area contributed by atoms with E-state index in [0.29, 0.717) is 35.2 Å². The number of ether oxygens (including phenoxy) is 1. The normalized spacial score (nSPS) is 11.0. The third kappa shape index (κ3) is 5.27. The van der Waals surface area contributed by atoms with Crippen molar-refractivity contribution in [2.75, 3.05) is 13.2 Å². The maximum atomic E-state index is 12.7. The van der Waals surface area contributed by atoms with Crippen LogP contribution in [0.3, 0.4) is 0 Å². The fourth-order valence-corrected chi connectivity index (χ4v) is 5.21. The minimum absolute atomic E-state index is 0.0517. The molecule has 3 rings (SSSR count). The Morgan fingerprint density at radius 3 is 2.34 bits per heavy atom. The van der Waals surface area contributed by atoms with Gasteiger partial charge in [-0.2, -0.15) is 10.5 Å². The van der Waals surface area contributed by atoms with Crippen molar-refractivity contribution in [3.8, 4) is 23.3 Å². The van der Waals surface area contributed by atoms with E-state index in [0.717, 1.165) is 11.3 Å². The topological polar surface area (TPSA) is 125 Å². The molecule has 180 valence electrons. The van der Waals surface area contributed by atoms with Crippen molar-refractivity contribution in [2.45, 2.75) is 31.6 Å². The summed E-state index contributed by atoms with van der Waals surface area (Å²) in [6.07, 6.45) is 0.998. The zero-order valence-electron chi connectivity index (χ0n) is 19.8. The number of nitrogens with zero attached hydrogens (tertiary/aromatic N) is 3. The first kappa shape index (κ1) is 25.7. The quantitative estimate of drug-likeness (QED) is 0.456. The third-order valence-electron chi connectivity index (χ3n) is 5.68. The van der Waals surface area contributed by atoms with Crippen LogP contribution in [0.1, 0.15) is 46.7 Å². The lowest BCUT2D eigenvalue weighted by atomic mass is 9.98. The van der Waals surface area contributed by atoms with Gasteiger partial charge in [0.25, 0.3) is 0 Å². The highest BCUT2D eigenvalue weighted by Crippen LogP contribution is 2.33. The van der Waals surface area contributed by atoms with Crippen LogP contribution in [0.15, 0.2) is 53.4 Å². The smallest absolute Gasteiger partial charge is 0.355 e. The van der Waals surface area contributed by atoms with Gasteiger partial charge in [-0.15, -0.1) is 0 Å². The lowest BCUT2D eigenvalue weighted by Crippen LogP contribution is -2.26. The van der Waals surface area contributed by atoms with Gasteiger partial charge >= 0.3 is 5.97 Å². The van der Waals surface area contributed by atoms with Crippen molar-refractivity contribution in [1.29, 1.82) is 10.5 Å². The van der Waals surface area contributed by atoms with Crippen LogP contribution in [0.25, 0.3) is 11.1 Å². The first-order valence-electron chi connectivity index (χ1n) is 11.2. The van der Waals surface area contributed by atoms with Gasteiger partial charge in [-0.25, -0.2) is 17.9 Å². The third-order valence-corrected chi connectivity index (χ3v) is 7.20. The fourth-order valence-electron chi connectivity index (χ4n) is 4.03. The predicted octanol–water partition coefficient (Wildman–Crippen LogP) is 3.70. The van der Waals surface area contributed by atoms with E-state index < -0.39 is 16.0 Å². The van der Waals surface area contributed by atoms with Gasteiger partial charge < -0.3 is 9.30 Å². The number of aromatic nitrogens is 1. The van der Waals surface area contributed by atoms with E-state index in [-0.39, 0.29) is 23.6 Å². The number of hydrogen-bond donors (Lipinski definition) is 1. The van der Waals surface area contributed by atoms with Crippen LogP contribution in [0, 0.1) is 22.7 Å². The van der Waals surface area contributed by atoms with Crippen molar-refractivity contribution in [2.24, 2.45) is 7.05 Å². The Hall–Kier alpha value is -3.92. The summed E-state index contributed by atoms with van der Waals surface area (Å²) in [7, 11) is -2.07. The second kappa shape index (κ2) is 11.0. The summed E-state index contributed by atoms with van der Waals surface area (Å²) >= 11 is 0. The molecule has 0 saturated carbocycles. The summed E-state index contributed by atoms with van der Waals surface area (Å²) in [5.74, 6) is -0.489. The lowest BCUT2D eigenvalue weighted by Gasteiger charge is -2.10. The van der Waals surface area contributed by atoms with Gasteiger partial charge in [0, 0.05) is 24.8 Å². The van der Waals surface area contributed by atoms with Crippen LogP contribution >= 0.6 is 0 Å². The van der Waals surface area contributed by atoms with Gasteiger partial charge in [-0.1, -0.05) is 43.3 Å². The van der Waals surface area contributed by atoms with E-state index in [9.17, 15) is 18.5 Å². The zero-order chi connectivity index (χ0) is 25.6. The maximum absolute atomic E-state index is 12.7. The number of rotatable bonds is 9. The average Bonchev–Trinajstić information content (AvgIpc) is 3.15. The Labute approximate surface area is 205 Å². The number of sulfonamides is 1. The Balaban J connectivity index is 1.83. The molecule has 0 aliphatic carbocycles. The molecule has 1 aromatic heterocycles. The molecule has 0 saturated heterocycles. The van der Waals surface area contributed by atoms with E-state index in [1.165, 1.54) is 12.1 Å². The monoisotopic (exact) mass is 490 g/mol. The molecular formula is C26H26N4O4S. The van der Waals surface area contributed by atoms with Crippen LogP contribution in [-0.2, 0) is 34.6 Å². The van der Waals surface area contributed by atoms with Crippen LogP contribution < -0.4 is 4.72 Å². The van der Waals surface area contributed by atoms with Crippen molar-refractivity contribution in [1.82, 2.24) is 9.29 Å². The molecule has 1 N–H and O–H groups in total. The number of carbonyl (C=O) groups excluding carboxylic acids is 1. The lowest BCUT2D eigenvalue weighted by molar-refractivity contribution is 0.0516. The number of nitrogens with one attached hydrogen (secondary N) is 1. The molecule has 0 bridgehead atoms. The molecule has 0 atom stereocenters. The fraction of sp³-hybridized carbons (Fsp3) is 0.269. The molecule has 2 aromatic carbocycles. The zero-order valence-corrected chi connectivity index (χ0v) is 20.6. The summed E-state index contributed by atoms with van der Waals surface area (Å²) < 4.78 is 34.7. The van der Waals surface area contributed by atoms with Crippen molar-refractivity contribution >= 4 is 16.0 Å². The molecule has 0 fully saturated rings. The molecule has 35 heavy (non-hydrogen) atoms.